The van der Waals surface area contributed by atoms with Gasteiger partial charge in [0, 0.05) is 12.6 Å². The third-order valence-electron chi connectivity index (χ3n) is 1.76. The molecule has 0 unspecified atom stereocenters. The normalized spacial score (nSPS) is 9.69. The van der Waals surface area contributed by atoms with Gasteiger partial charge in [-0.15, -0.1) is 0 Å². The Bertz CT molecular complexity index is 445. The average Bonchev–Trinajstić information content (AvgIpc) is 2.20. The average molecular weight is 288 g/mol. The third kappa shape index (κ3) is 2.73. The molecule has 0 aliphatic carbocycles. The number of hydrogen-bond donors (Lipinski definition) is 1. The summed E-state index contributed by atoms with van der Waals surface area (Å²) < 4.78 is 9.92. The Morgan fingerprint density at radius 2 is 2.00 bits per heavy atom. The molecule has 0 fully saturated rings. The predicted octanol–water partition coefficient (Wildman–Crippen LogP) is 1.74. The van der Waals surface area contributed by atoms with Crippen molar-refractivity contribution in [3.8, 4) is 5.75 Å². The highest BCUT2D eigenvalue weighted by molar-refractivity contribution is 9.10. The van der Waals surface area contributed by atoms with Crippen LogP contribution in [0.5, 0.6) is 5.75 Å². The first-order valence-electron chi connectivity index (χ1n) is 4.31. The van der Waals surface area contributed by atoms with Crippen molar-refractivity contribution in [3.63, 3.8) is 0 Å². The van der Waals surface area contributed by atoms with Crippen LogP contribution in [0, 0.1) is 0 Å². The minimum Gasteiger partial charge on any atom is -0.465 e. The van der Waals surface area contributed by atoms with E-state index in [0.29, 0.717) is 4.47 Å². The summed E-state index contributed by atoms with van der Waals surface area (Å²) in [6.45, 7) is 1.26. The van der Waals surface area contributed by atoms with Gasteiger partial charge in [0.15, 0.2) is 0 Å². The molecule has 0 aliphatic rings. The molecule has 0 radical (unpaired) electrons. The Balaban J connectivity index is 3.21. The maximum absolute atomic E-state index is 11.3. The first-order valence-corrected chi connectivity index (χ1v) is 5.10. The van der Waals surface area contributed by atoms with E-state index in [0.717, 1.165) is 0 Å². The van der Waals surface area contributed by atoms with Gasteiger partial charge in [0.1, 0.15) is 5.75 Å². The highest BCUT2D eigenvalue weighted by Gasteiger charge is 2.15. The van der Waals surface area contributed by atoms with Gasteiger partial charge in [0.25, 0.3) is 0 Å². The lowest BCUT2D eigenvalue weighted by Crippen LogP contribution is -2.08. The quantitative estimate of drug-likeness (QED) is 0.509. The minimum atomic E-state index is -0.585. The second-order valence-corrected chi connectivity index (χ2v) is 3.81. The smallest absolute Gasteiger partial charge is 0.340 e. The molecular formula is C10H10BrNO4. The van der Waals surface area contributed by atoms with E-state index < -0.39 is 11.9 Å². The van der Waals surface area contributed by atoms with Gasteiger partial charge in [-0.05, 0) is 28.1 Å². The van der Waals surface area contributed by atoms with Crippen molar-refractivity contribution in [1.82, 2.24) is 0 Å². The number of nitrogens with two attached hydrogens (primary N) is 1. The fourth-order valence-corrected chi connectivity index (χ4v) is 1.53. The standard InChI is InChI=1S/C10H10BrNO4/c1-5(13)16-9-3-6(10(14)15-2)8(12)4-7(9)11/h3-4H,12H2,1-2H3. The summed E-state index contributed by atoms with van der Waals surface area (Å²) in [6.07, 6.45) is 0. The topological polar surface area (TPSA) is 78.6 Å². The lowest BCUT2D eigenvalue weighted by atomic mass is 10.2. The molecule has 0 saturated heterocycles. The van der Waals surface area contributed by atoms with Crippen LogP contribution in [0.25, 0.3) is 0 Å². The fraction of sp³-hybridized carbons (Fsp3) is 0.200. The van der Waals surface area contributed by atoms with Crippen molar-refractivity contribution in [2.24, 2.45) is 0 Å². The van der Waals surface area contributed by atoms with Gasteiger partial charge < -0.3 is 15.2 Å². The van der Waals surface area contributed by atoms with E-state index in [1.54, 1.807) is 0 Å². The Hall–Kier alpha value is -1.56. The van der Waals surface area contributed by atoms with Crippen molar-refractivity contribution >= 4 is 33.6 Å². The van der Waals surface area contributed by atoms with Gasteiger partial charge >= 0.3 is 11.9 Å². The largest absolute Gasteiger partial charge is 0.465 e. The van der Waals surface area contributed by atoms with Crippen LogP contribution in [0.2, 0.25) is 0 Å². The second kappa shape index (κ2) is 4.98. The summed E-state index contributed by atoms with van der Waals surface area (Å²) in [7, 11) is 1.25. The summed E-state index contributed by atoms with van der Waals surface area (Å²) >= 11 is 3.17. The molecule has 0 aromatic heterocycles. The zero-order chi connectivity index (χ0) is 12.3. The molecule has 0 atom stereocenters. The van der Waals surface area contributed by atoms with Gasteiger partial charge in [-0.25, -0.2) is 4.79 Å². The summed E-state index contributed by atoms with van der Waals surface area (Å²) in [6, 6.07) is 2.83. The molecule has 5 nitrogen and oxygen atoms in total. The number of hydrogen-bond acceptors (Lipinski definition) is 5. The first-order chi connectivity index (χ1) is 7.45. The molecule has 0 saturated carbocycles. The zero-order valence-corrected chi connectivity index (χ0v) is 10.3. The van der Waals surface area contributed by atoms with Crippen LogP contribution in [0.1, 0.15) is 17.3 Å². The molecule has 0 bridgehead atoms. The monoisotopic (exact) mass is 287 g/mol. The number of ether oxygens (including phenoxy) is 2. The van der Waals surface area contributed by atoms with Gasteiger partial charge in [-0.2, -0.15) is 0 Å². The van der Waals surface area contributed by atoms with Crippen LogP contribution in [-0.4, -0.2) is 19.0 Å². The number of benzene rings is 1. The molecule has 0 heterocycles. The van der Waals surface area contributed by atoms with E-state index in [1.165, 1.54) is 26.2 Å². The number of halogens is 1. The van der Waals surface area contributed by atoms with E-state index in [4.69, 9.17) is 10.5 Å². The number of carbonyl (C=O) groups excluding carboxylic acids is 2. The van der Waals surface area contributed by atoms with E-state index in [-0.39, 0.29) is 17.0 Å². The van der Waals surface area contributed by atoms with Gasteiger partial charge in [0.2, 0.25) is 0 Å². The van der Waals surface area contributed by atoms with E-state index >= 15 is 0 Å². The molecule has 0 spiro atoms. The maximum atomic E-state index is 11.3. The molecule has 86 valence electrons. The lowest BCUT2D eigenvalue weighted by molar-refractivity contribution is -0.131. The van der Waals surface area contributed by atoms with Crippen molar-refractivity contribution in [1.29, 1.82) is 0 Å². The highest BCUT2D eigenvalue weighted by atomic mass is 79.9. The van der Waals surface area contributed by atoms with Crippen molar-refractivity contribution in [2.45, 2.75) is 6.92 Å². The first kappa shape index (κ1) is 12.5. The molecule has 6 heteroatoms. The lowest BCUT2D eigenvalue weighted by Gasteiger charge is -2.08. The number of anilines is 1. The molecule has 1 rings (SSSR count). The molecule has 1 aromatic carbocycles. The van der Waals surface area contributed by atoms with Gasteiger partial charge in [-0.1, -0.05) is 0 Å². The molecule has 0 amide bonds. The van der Waals surface area contributed by atoms with Gasteiger partial charge in [0.05, 0.1) is 17.1 Å². The van der Waals surface area contributed by atoms with Crippen LogP contribution >= 0.6 is 15.9 Å². The number of carbonyl (C=O) groups is 2. The Morgan fingerprint density at radius 3 is 2.50 bits per heavy atom. The SMILES string of the molecule is COC(=O)c1cc(OC(C)=O)c(Br)cc1N. The van der Waals surface area contributed by atoms with Crippen LogP contribution in [0.4, 0.5) is 5.69 Å². The number of methoxy groups -OCH3 is 1. The van der Waals surface area contributed by atoms with E-state index in [9.17, 15) is 9.59 Å². The summed E-state index contributed by atoms with van der Waals surface area (Å²) in [5.41, 5.74) is 6.03. The Morgan fingerprint density at radius 1 is 1.38 bits per heavy atom. The van der Waals surface area contributed by atoms with E-state index in [1.807, 2.05) is 0 Å². The molecule has 16 heavy (non-hydrogen) atoms. The van der Waals surface area contributed by atoms with Gasteiger partial charge in [-0.3, -0.25) is 4.79 Å². The predicted molar refractivity (Wildman–Crippen MR) is 61.2 cm³/mol. The van der Waals surface area contributed by atoms with Crippen LogP contribution in [0.3, 0.4) is 0 Å². The van der Waals surface area contributed by atoms with Crippen molar-refractivity contribution in [3.05, 3.63) is 22.2 Å². The van der Waals surface area contributed by atoms with Crippen molar-refractivity contribution < 1.29 is 19.1 Å². The highest BCUT2D eigenvalue weighted by Crippen LogP contribution is 2.30. The van der Waals surface area contributed by atoms with Crippen molar-refractivity contribution in [2.75, 3.05) is 12.8 Å². The fourth-order valence-electron chi connectivity index (χ4n) is 1.09. The Labute approximate surface area is 101 Å². The molecule has 0 aliphatic heterocycles. The summed E-state index contributed by atoms with van der Waals surface area (Å²) in [5.74, 6) is -0.846. The van der Waals surface area contributed by atoms with Crippen LogP contribution < -0.4 is 10.5 Å². The zero-order valence-electron chi connectivity index (χ0n) is 8.74. The van der Waals surface area contributed by atoms with E-state index in [2.05, 4.69) is 20.7 Å². The minimum absolute atomic E-state index is 0.155. The van der Waals surface area contributed by atoms with Crippen LogP contribution in [0.15, 0.2) is 16.6 Å². The molecule has 2 N–H and O–H groups in total. The Kier molecular flexibility index (Phi) is 3.89. The number of esters is 2. The number of rotatable bonds is 2. The summed E-state index contributed by atoms with van der Waals surface area (Å²) in [4.78, 5) is 22.1. The third-order valence-corrected chi connectivity index (χ3v) is 2.38. The summed E-state index contributed by atoms with van der Waals surface area (Å²) in [5, 5.41) is 0. The second-order valence-electron chi connectivity index (χ2n) is 2.96. The van der Waals surface area contributed by atoms with Crippen LogP contribution in [-0.2, 0) is 9.53 Å². The molecular weight excluding hydrogens is 278 g/mol. The molecule has 1 aromatic rings. The maximum Gasteiger partial charge on any atom is 0.340 e. The number of nitrogen functional groups attached to an aromatic ring is 1.